The highest BCUT2D eigenvalue weighted by Gasteiger charge is 2.30. The number of hydrogen-bond acceptors (Lipinski definition) is 4. The fourth-order valence-corrected chi connectivity index (χ4v) is 4.56. The van der Waals surface area contributed by atoms with Crippen LogP contribution >= 0.6 is 0 Å². The van der Waals surface area contributed by atoms with Gasteiger partial charge < -0.3 is 10.0 Å². The largest absolute Gasteiger partial charge is 0.394 e. The summed E-state index contributed by atoms with van der Waals surface area (Å²) < 4.78 is 25.0. The number of rotatable bonds is 5. The van der Waals surface area contributed by atoms with E-state index in [-0.39, 0.29) is 28.7 Å². The SMILES string of the molecule is C[C@@H](CO)N(C)C(=O)c1ccc(S(=O)(=O)C2CCCC2)cc1. The molecule has 0 heterocycles. The molecule has 6 heteroatoms. The Morgan fingerprint density at radius 3 is 2.32 bits per heavy atom. The van der Waals surface area contributed by atoms with E-state index in [9.17, 15) is 13.2 Å². The molecule has 1 amide bonds. The predicted octanol–water partition coefficient (Wildman–Crippen LogP) is 1.86. The van der Waals surface area contributed by atoms with Gasteiger partial charge in [-0.15, -0.1) is 0 Å². The summed E-state index contributed by atoms with van der Waals surface area (Å²) in [6.45, 7) is 1.63. The summed E-state index contributed by atoms with van der Waals surface area (Å²) in [6.07, 6.45) is 3.37. The van der Waals surface area contributed by atoms with Gasteiger partial charge in [0.05, 0.1) is 22.8 Å². The first-order chi connectivity index (χ1) is 10.4. The molecule has 1 aromatic rings. The van der Waals surface area contributed by atoms with Crippen molar-refractivity contribution in [2.24, 2.45) is 0 Å². The van der Waals surface area contributed by atoms with Crippen molar-refractivity contribution in [2.75, 3.05) is 13.7 Å². The van der Waals surface area contributed by atoms with Gasteiger partial charge in [-0.25, -0.2) is 8.42 Å². The van der Waals surface area contributed by atoms with Crippen LogP contribution in [-0.2, 0) is 9.84 Å². The van der Waals surface area contributed by atoms with E-state index in [0.29, 0.717) is 5.56 Å². The number of amides is 1. The van der Waals surface area contributed by atoms with Gasteiger partial charge in [-0.05, 0) is 44.0 Å². The first kappa shape index (κ1) is 17.0. The Bertz CT molecular complexity index is 618. The summed E-state index contributed by atoms with van der Waals surface area (Å²) >= 11 is 0. The quantitative estimate of drug-likeness (QED) is 0.896. The van der Waals surface area contributed by atoms with Gasteiger partial charge in [0, 0.05) is 12.6 Å². The van der Waals surface area contributed by atoms with Crippen LogP contribution in [0.25, 0.3) is 0 Å². The summed E-state index contributed by atoms with van der Waals surface area (Å²) in [4.78, 5) is 14.0. The Hall–Kier alpha value is -1.40. The van der Waals surface area contributed by atoms with E-state index >= 15 is 0 Å². The van der Waals surface area contributed by atoms with E-state index in [1.54, 1.807) is 26.1 Å². The minimum atomic E-state index is -3.29. The number of carbonyl (C=O) groups is 1. The van der Waals surface area contributed by atoms with Gasteiger partial charge in [0.15, 0.2) is 9.84 Å². The number of likely N-dealkylation sites (N-methyl/N-ethyl adjacent to an activating group) is 1. The summed E-state index contributed by atoms with van der Waals surface area (Å²) in [5.74, 6) is -0.230. The molecular weight excluding hydrogens is 302 g/mol. The fourth-order valence-electron chi connectivity index (χ4n) is 2.70. The maximum Gasteiger partial charge on any atom is 0.253 e. The number of benzene rings is 1. The van der Waals surface area contributed by atoms with Crippen molar-refractivity contribution in [2.45, 2.75) is 48.8 Å². The zero-order chi connectivity index (χ0) is 16.3. The molecule has 0 aromatic heterocycles. The van der Waals surface area contributed by atoms with Crippen molar-refractivity contribution in [1.82, 2.24) is 4.90 Å². The number of aliphatic hydroxyl groups excluding tert-OH is 1. The van der Waals surface area contributed by atoms with Crippen molar-refractivity contribution in [3.8, 4) is 0 Å². The molecule has 0 spiro atoms. The van der Waals surface area contributed by atoms with E-state index in [4.69, 9.17) is 5.11 Å². The molecular formula is C16H23NO4S. The minimum absolute atomic E-state index is 0.115. The van der Waals surface area contributed by atoms with Crippen LogP contribution in [0.2, 0.25) is 0 Å². The zero-order valence-electron chi connectivity index (χ0n) is 13.0. The van der Waals surface area contributed by atoms with Gasteiger partial charge in [0.2, 0.25) is 0 Å². The number of hydrogen-bond donors (Lipinski definition) is 1. The predicted molar refractivity (Wildman–Crippen MR) is 84.5 cm³/mol. The van der Waals surface area contributed by atoms with Gasteiger partial charge >= 0.3 is 0 Å². The number of carbonyl (C=O) groups excluding carboxylic acids is 1. The Kier molecular flexibility index (Phi) is 5.24. The van der Waals surface area contributed by atoms with Crippen molar-refractivity contribution in [3.63, 3.8) is 0 Å². The lowest BCUT2D eigenvalue weighted by atomic mass is 10.2. The third-order valence-corrected chi connectivity index (χ3v) is 6.69. The Morgan fingerprint density at radius 1 is 1.27 bits per heavy atom. The monoisotopic (exact) mass is 325 g/mol. The maximum atomic E-state index is 12.5. The Balaban J connectivity index is 2.18. The van der Waals surface area contributed by atoms with Crippen LogP contribution in [-0.4, -0.2) is 49.3 Å². The number of nitrogens with zero attached hydrogens (tertiary/aromatic N) is 1. The first-order valence-corrected chi connectivity index (χ1v) is 9.14. The topological polar surface area (TPSA) is 74.7 Å². The lowest BCUT2D eigenvalue weighted by Crippen LogP contribution is -2.37. The molecule has 1 aromatic carbocycles. The summed E-state index contributed by atoms with van der Waals surface area (Å²) in [7, 11) is -1.67. The molecule has 0 bridgehead atoms. The van der Waals surface area contributed by atoms with Crippen molar-refractivity contribution in [1.29, 1.82) is 0 Å². The Labute approximate surface area is 131 Å². The summed E-state index contributed by atoms with van der Waals surface area (Å²) in [5, 5.41) is 8.81. The third-order valence-electron chi connectivity index (χ3n) is 4.42. The molecule has 1 saturated carbocycles. The van der Waals surface area contributed by atoms with Gasteiger partial charge in [-0.3, -0.25) is 4.79 Å². The van der Waals surface area contributed by atoms with E-state index in [0.717, 1.165) is 25.7 Å². The maximum absolute atomic E-state index is 12.5. The molecule has 122 valence electrons. The van der Waals surface area contributed by atoms with Crippen LogP contribution < -0.4 is 0 Å². The van der Waals surface area contributed by atoms with Crippen LogP contribution in [0.1, 0.15) is 43.0 Å². The minimum Gasteiger partial charge on any atom is -0.394 e. The second-order valence-electron chi connectivity index (χ2n) is 5.92. The van der Waals surface area contributed by atoms with Crippen molar-refractivity contribution in [3.05, 3.63) is 29.8 Å². The van der Waals surface area contributed by atoms with E-state index < -0.39 is 9.84 Å². The molecule has 0 radical (unpaired) electrons. The van der Waals surface area contributed by atoms with Crippen molar-refractivity contribution >= 4 is 15.7 Å². The zero-order valence-corrected chi connectivity index (χ0v) is 13.8. The molecule has 1 aliphatic rings. The molecule has 5 nitrogen and oxygen atoms in total. The highest BCUT2D eigenvalue weighted by Crippen LogP contribution is 2.29. The average Bonchev–Trinajstić information content (AvgIpc) is 3.08. The molecule has 2 rings (SSSR count). The van der Waals surface area contributed by atoms with E-state index in [1.807, 2.05) is 0 Å². The summed E-state index contributed by atoms with van der Waals surface area (Å²) in [6, 6.07) is 5.83. The van der Waals surface area contributed by atoms with Crippen molar-refractivity contribution < 1.29 is 18.3 Å². The lowest BCUT2D eigenvalue weighted by Gasteiger charge is -2.23. The molecule has 1 fully saturated rings. The highest BCUT2D eigenvalue weighted by molar-refractivity contribution is 7.92. The number of aliphatic hydroxyl groups is 1. The first-order valence-electron chi connectivity index (χ1n) is 7.60. The smallest absolute Gasteiger partial charge is 0.253 e. The van der Waals surface area contributed by atoms with Gasteiger partial charge in [0.25, 0.3) is 5.91 Å². The second-order valence-corrected chi connectivity index (χ2v) is 8.15. The van der Waals surface area contributed by atoms with Crippen LogP contribution in [0, 0.1) is 0 Å². The average molecular weight is 325 g/mol. The summed E-state index contributed by atoms with van der Waals surface area (Å²) in [5.41, 5.74) is 0.424. The fraction of sp³-hybridized carbons (Fsp3) is 0.562. The third kappa shape index (κ3) is 3.33. The van der Waals surface area contributed by atoms with E-state index in [2.05, 4.69) is 0 Å². The van der Waals surface area contributed by atoms with Gasteiger partial charge in [-0.1, -0.05) is 12.8 Å². The van der Waals surface area contributed by atoms with Gasteiger partial charge in [-0.2, -0.15) is 0 Å². The molecule has 22 heavy (non-hydrogen) atoms. The molecule has 1 N–H and O–H groups in total. The standard InChI is InChI=1S/C16H23NO4S/c1-12(11-18)17(2)16(19)13-7-9-15(10-8-13)22(20,21)14-5-3-4-6-14/h7-10,12,14,18H,3-6,11H2,1-2H3/t12-/m0/s1. The lowest BCUT2D eigenvalue weighted by molar-refractivity contribution is 0.0682. The molecule has 1 aliphatic carbocycles. The van der Waals surface area contributed by atoms with Gasteiger partial charge in [0.1, 0.15) is 0 Å². The molecule has 0 aliphatic heterocycles. The van der Waals surface area contributed by atoms with Crippen LogP contribution in [0.15, 0.2) is 29.2 Å². The molecule has 1 atom stereocenters. The van der Waals surface area contributed by atoms with Crippen LogP contribution in [0.5, 0.6) is 0 Å². The number of sulfone groups is 1. The second kappa shape index (κ2) is 6.79. The normalized spacial score (nSPS) is 17.4. The van der Waals surface area contributed by atoms with Crippen LogP contribution in [0.3, 0.4) is 0 Å². The highest BCUT2D eigenvalue weighted by atomic mass is 32.2. The molecule has 0 unspecified atom stereocenters. The van der Waals surface area contributed by atoms with Crippen LogP contribution in [0.4, 0.5) is 0 Å². The Morgan fingerprint density at radius 2 is 1.82 bits per heavy atom. The molecule has 0 saturated heterocycles. The van der Waals surface area contributed by atoms with E-state index in [1.165, 1.54) is 17.0 Å².